The van der Waals surface area contributed by atoms with Crippen LogP contribution < -0.4 is 15.5 Å². The lowest BCUT2D eigenvalue weighted by molar-refractivity contribution is -0.117. The highest BCUT2D eigenvalue weighted by molar-refractivity contribution is 9.10. The van der Waals surface area contributed by atoms with Gasteiger partial charge in [0, 0.05) is 59.8 Å². The predicted octanol–water partition coefficient (Wildman–Crippen LogP) is 3.69. The Bertz CT molecular complexity index is 1290. The molecule has 1 fully saturated rings. The van der Waals surface area contributed by atoms with Crippen molar-refractivity contribution in [2.45, 2.75) is 0 Å². The molecular weight excluding hydrogens is 496 g/mol. The molecular formula is C24H23BrN8O. The zero-order chi connectivity index (χ0) is 23.3. The van der Waals surface area contributed by atoms with E-state index in [0.29, 0.717) is 18.1 Å². The van der Waals surface area contributed by atoms with Crippen LogP contribution in [0.3, 0.4) is 0 Å². The number of carbonyl (C=O) groups is 1. The van der Waals surface area contributed by atoms with E-state index in [9.17, 15) is 4.79 Å². The zero-order valence-corrected chi connectivity index (χ0v) is 19.9. The van der Waals surface area contributed by atoms with Crippen LogP contribution in [-0.2, 0) is 4.79 Å². The summed E-state index contributed by atoms with van der Waals surface area (Å²) in [6, 6.07) is 15.3. The molecule has 2 aromatic carbocycles. The minimum atomic E-state index is -0.0536. The summed E-state index contributed by atoms with van der Waals surface area (Å²) >= 11 is 3.49. The maximum Gasteiger partial charge on any atom is 0.238 e. The number of hydrogen-bond donors (Lipinski definition) is 2. The van der Waals surface area contributed by atoms with Gasteiger partial charge < -0.3 is 15.5 Å². The lowest BCUT2D eigenvalue weighted by Gasteiger charge is -2.34. The number of rotatable bonds is 6. The molecule has 0 bridgehead atoms. The van der Waals surface area contributed by atoms with Crippen LogP contribution in [0.25, 0.3) is 10.9 Å². The molecule has 1 amide bonds. The fourth-order valence-corrected chi connectivity index (χ4v) is 4.30. The second kappa shape index (κ2) is 10.1. The molecule has 0 unspecified atom stereocenters. The van der Waals surface area contributed by atoms with Crippen molar-refractivity contribution < 1.29 is 4.79 Å². The number of amides is 1. The van der Waals surface area contributed by atoms with Gasteiger partial charge in [0.2, 0.25) is 11.9 Å². The van der Waals surface area contributed by atoms with E-state index in [4.69, 9.17) is 0 Å². The summed E-state index contributed by atoms with van der Waals surface area (Å²) in [5, 5.41) is 7.18. The van der Waals surface area contributed by atoms with Gasteiger partial charge in [0.1, 0.15) is 12.1 Å². The summed E-state index contributed by atoms with van der Waals surface area (Å²) in [6.45, 7) is 3.45. The van der Waals surface area contributed by atoms with E-state index in [1.54, 1.807) is 12.4 Å². The fraction of sp³-hybridized carbons (Fsp3) is 0.208. The molecule has 172 valence electrons. The molecule has 3 heterocycles. The minimum absolute atomic E-state index is 0.0536. The molecule has 5 rings (SSSR count). The summed E-state index contributed by atoms with van der Waals surface area (Å²) in [7, 11) is 0. The molecule has 0 atom stereocenters. The van der Waals surface area contributed by atoms with Crippen LogP contribution in [0.4, 0.5) is 23.1 Å². The van der Waals surface area contributed by atoms with Gasteiger partial charge in [-0.25, -0.2) is 19.9 Å². The van der Waals surface area contributed by atoms with E-state index in [2.05, 4.69) is 56.3 Å². The quantitative estimate of drug-likeness (QED) is 0.398. The molecule has 10 heteroatoms. The number of nitrogens with zero attached hydrogens (tertiary/aromatic N) is 6. The van der Waals surface area contributed by atoms with Crippen molar-refractivity contribution in [1.82, 2.24) is 24.8 Å². The number of carbonyl (C=O) groups excluding carboxylic acids is 1. The van der Waals surface area contributed by atoms with Gasteiger partial charge in [0.05, 0.1) is 12.1 Å². The Kier molecular flexibility index (Phi) is 6.59. The third-order valence-corrected chi connectivity index (χ3v) is 6.07. The van der Waals surface area contributed by atoms with Gasteiger partial charge in [-0.2, -0.15) is 0 Å². The van der Waals surface area contributed by atoms with E-state index < -0.39 is 0 Å². The third kappa shape index (κ3) is 5.29. The second-order valence-corrected chi connectivity index (χ2v) is 8.87. The highest BCUT2D eigenvalue weighted by Gasteiger charge is 2.20. The van der Waals surface area contributed by atoms with Crippen LogP contribution in [-0.4, -0.2) is 63.5 Å². The number of aromatic nitrogens is 4. The number of piperazine rings is 1. The van der Waals surface area contributed by atoms with Gasteiger partial charge in [-0.3, -0.25) is 9.69 Å². The molecule has 0 aliphatic carbocycles. The lowest BCUT2D eigenvalue weighted by atomic mass is 10.2. The van der Waals surface area contributed by atoms with Crippen LogP contribution in [0.2, 0.25) is 0 Å². The first-order valence-electron chi connectivity index (χ1n) is 11.0. The first-order chi connectivity index (χ1) is 16.6. The van der Waals surface area contributed by atoms with Crippen LogP contribution in [0.15, 0.2) is 71.7 Å². The van der Waals surface area contributed by atoms with E-state index in [1.807, 2.05) is 48.5 Å². The molecule has 9 nitrogen and oxygen atoms in total. The van der Waals surface area contributed by atoms with E-state index in [1.165, 1.54) is 6.33 Å². The fourth-order valence-electron chi connectivity index (χ4n) is 3.90. The van der Waals surface area contributed by atoms with Crippen LogP contribution in [0, 0.1) is 0 Å². The summed E-state index contributed by atoms with van der Waals surface area (Å²) < 4.78 is 0.973. The number of halogens is 1. The zero-order valence-electron chi connectivity index (χ0n) is 18.4. The van der Waals surface area contributed by atoms with Gasteiger partial charge in [0.25, 0.3) is 0 Å². The molecule has 4 aromatic rings. The number of hydrogen-bond acceptors (Lipinski definition) is 8. The first kappa shape index (κ1) is 22.2. The van der Waals surface area contributed by atoms with Crippen LogP contribution in [0.5, 0.6) is 0 Å². The smallest absolute Gasteiger partial charge is 0.238 e. The van der Waals surface area contributed by atoms with Crippen molar-refractivity contribution >= 4 is 55.9 Å². The SMILES string of the molecule is O=C(CN1CCN(c2ncccn2)CC1)Nc1ccc2ncnc(Nc3cccc(Br)c3)c2c1. The van der Waals surface area contributed by atoms with Crippen molar-refractivity contribution in [2.24, 2.45) is 0 Å². The normalized spacial score (nSPS) is 14.2. The standard InChI is InChI=1S/C24H23BrN8O/c25-17-3-1-4-18(13-17)31-23-20-14-19(5-6-21(20)28-16-29-23)30-22(34)15-32-9-11-33(12-10-32)24-26-7-2-8-27-24/h1-8,13-14,16H,9-12,15H2,(H,30,34)(H,28,29,31). The minimum Gasteiger partial charge on any atom is -0.340 e. The van der Waals surface area contributed by atoms with Crippen molar-refractivity contribution in [2.75, 3.05) is 48.3 Å². The molecule has 0 spiro atoms. The molecule has 0 radical (unpaired) electrons. The largest absolute Gasteiger partial charge is 0.340 e. The Hall–Kier alpha value is -3.63. The van der Waals surface area contributed by atoms with Gasteiger partial charge in [0.15, 0.2) is 0 Å². The maximum absolute atomic E-state index is 12.7. The Morgan fingerprint density at radius 3 is 2.53 bits per heavy atom. The Morgan fingerprint density at radius 2 is 1.74 bits per heavy atom. The van der Waals surface area contributed by atoms with E-state index in [-0.39, 0.29) is 5.91 Å². The van der Waals surface area contributed by atoms with Crippen molar-refractivity contribution in [3.05, 3.63) is 71.7 Å². The molecule has 2 aromatic heterocycles. The van der Waals surface area contributed by atoms with Crippen molar-refractivity contribution in [3.8, 4) is 0 Å². The number of anilines is 4. The summed E-state index contributed by atoms with van der Waals surface area (Å²) in [4.78, 5) is 34.4. The Labute approximate surface area is 205 Å². The first-order valence-corrected chi connectivity index (χ1v) is 11.7. The average Bonchev–Trinajstić information content (AvgIpc) is 2.85. The topological polar surface area (TPSA) is 99.2 Å². The molecule has 0 saturated carbocycles. The van der Waals surface area contributed by atoms with E-state index >= 15 is 0 Å². The number of nitrogens with one attached hydrogen (secondary N) is 2. The third-order valence-electron chi connectivity index (χ3n) is 5.58. The highest BCUT2D eigenvalue weighted by atomic mass is 79.9. The molecule has 34 heavy (non-hydrogen) atoms. The molecule has 1 aliphatic rings. The van der Waals surface area contributed by atoms with Crippen LogP contribution >= 0.6 is 15.9 Å². The van der Waals surface area contributed by atoms with Gasteiger partial charge in [-0.05, 0) is 42.5 Å². The van der Waals surface area contributed by atoms with Crippen molar-refractivity contribution in [1.29, 1.82) is 0 Å². The number of fused-ring (bicyclic) bond motifs is 1. The van der Waals surface area contributed by atoms with E-state index in [0.717, 1.165) is 53.2 Å². The van der Waals surface area contributed by atoms with Gasteiger partial charge >= 0.3 is 0 Å². The summed E-state index contributed by atoms with van der Waals surface area (Å²) in [5.74, 6) is 1.36. The predicted molar refractivity (Wildman–Crippen MR) is 136 cm³/mol. The monoisotopic (exact) mass is 518 g/mol. The lowest BCUT2D eigenvalue weighted by Crippen LogP contribution is -2.49. The van der Waals surface area contributed by atoms with Crippen LogP contribution in [0.1, 0.15) is 0 Å². The molecule has 1 saturated heterocycles. The Balaban J connectivity index is 1.23. The number of benzene rings is 2. The Morgan fingerprint density at radius 1 is 0.912 bits per heavy atom. The summed E-state index contributed by atoms with van der Waals surface area (Å²) in [6.07, 6.45) is 5.02. The van der Waals surface area contributed by atoms with Gasteiger partial charge in [-0.1, -0.05) is 22.0 Å². The highest BCUT2D eigenvalue weighted by Crippen LogP contribution is 2.27. The molecule has 1 aliphatic heterocycles. The second-order valence-electron chi connectivity index (χ2n) is 7.95. The molecule has 2 N–H and O–H groups in total. The van der Waals surface area contributed by atoms with Gasteiger partial charge in [-0.15, -0.1) is 0 Å². The summed E-state index contributed by atoms with van der Waals surface area (Å²) in [5.41, 5.74) is 2.41. The maximum atomic E-state index is 12.7. The van der Waals surface area contributed by atoms with Crippen molar-refractivity contribution in [3.63, 3.8) is 0 Å². The average molecular weight is 519 g/mol.